The lowest BCUT2D eigenvalue weighted by Gasteiger charge is -2.48. The third-order valence-electron chi connectivity index (χ3n) is 5.87. The summed E-state index contributed by atoms with van der Waals surface area (Å²) in [5.41, 5.74) is 1.39. The van der Waals surface area contributed by atoms with Crippen LogP contribution in [0.4, 0.5) is 0 Å². The number of amides is 1. The number of hydrogen-bond acceptors (Lipinski definition) is 4. The normalized spacial score (nSPS) is 24.5. The van der Waals surface area contributed by atoms with Gasteiger partial charge in [0.2, 0.25) is 5.91 Å². The number of aryl methyl sites for hydroxylation is 1. The quantitative estimate of drug-likeness (QED) is 0.877. The van der Waals surface area contributed by atoms with Gasteiger partial charge in [0.25, 0.3) is 0 Å². The maximum Gasteiger partial charge on any atom is 0.222 e. The second kappa shape index (κ2) is 7.53. The summed E-state index contributed by atoms with van der Waals surface area (Å²) in [6, 6.07) is 4.48. The largest absolute Gasteiger partial charge is 0.348 e. The van der Waals surface area contributed by atoms with Crippen molar-refractivity contribution in [1.82, 2.24) is 19.8 Å². The Kier molecular flexibility index (Phi) is 5.14. The van der Waals surface area contributed by atoms with Crippen LogP contribution in [0.2, 0.25) is 0 Å². The van der Waals surface area contributed by atoms with Crippen molar-refractivity contribution in [2.45, 2.75) is 45.6 Å². The summed E-state index contributed by atoms with van der Waals surface area (Å²) in [5, 5.41) is 0. The average molecular weight is 373 g/mol. The second-order valence-electron chi connectivity index (χ2n) is 7.97. The Hall–Kier alpha value is -1.66. The molecule has 2 aromatic heterocycles. The minimum atomic E-state index is 0.284. The number of H-pyrrole nitrogens is 1. The summed E-state index contributed by atoms with van der Waals surface area (Å²) in [4.78, 5) is 27.2. The van der Waals surface area contributed by atoms with Gasteiger partial charge in [-0.2, -0.15) is 0 Å². The van der Waals surface area contributed by atoms with Crippen molar-refractivity contribution in [3.05, 3.63) is 40.1 Å². The number of hydrogen-bond donors (Lipinski definition) is 1. The third-order valence-corrected chi connectivity index (χ3v) is 6.86. The van der Waals surface area contributed by atoms with Gasteiger partial charge in [-0.15, -0.1) is 11.3 Å². The molecule has 0 unspecified atom stereocenters. The summed E-state index contributed by atoms with van der Waals surface area (Å²) in [6.45, 7) is 7.25. The van der Waals surface area contributed by atoms with Gasteiger partial charge in [0.1, 0.15) is 0 Å². The first-order chi connectivity index (χ1) is 12.6. The first-order valence-corrected chi connectivity index (χ1v) is 10.5. The first kappa shape index (κ1) is 17.7. The predicted octanol–water partition coefficient (Wildman–Crippen LogP) is 3.23. The van der Waals surface area contributed by atoms with Crippen molar-refractivity contribution >= 4 is 17.2 Å². The maximum absolute atomic E-state index is 12.4. The highest BCUT2D eigenvalue weighted by atomic mass is 32.1. The van der Waals surface area contributed by atoms with E-state index in [4.69, 9.17) is 0 Å². The molecule has 2 aromatic rings. The molecule has 0 radical (unpaired) electrons. The van der Waals surface area contributed by atoms with Gasteiger partial charge >= 0.3 is 0 Å². The van der Waals surface area contributed by atoms with E-state index in [-0.39, 0.29) is 5.41 Å². The number of piperidine rings is 2. The highest BCUT2D eigenvalue weighted by Crippen LogP contribution is 2.39. The zero-order valence-electron chi connectivity index (χ0n) is 15.5. The van der Waals surface area contributed by atoms with E-state index in [1.807, 2.05) is 17.5 Å². The number of thiophene rings is 1. The van der Waals surface area contributed by atoms with Gasteiger partial charge in [-0.25, -0.2) is 4.98 Å². The van der Waals surface area contributed by atoms with Gasteiger partial charge in [-0.1, -0.05) is 0 Å². The fourth-order valence-corrected chi connectivity index (χ4v) is 5.48. The number of aromatic nitrogens is 2. The molecule has 4 heterocycles. The Bertz CT molecular complexity index is 741. The fraction of sp³-hybridized carbons (Fsp3) is 0.600. The van der Waals surface area contributed by atoms with E-state index < -0.39 is 0 Å². The third kappa shape index (κ3) is 4.01. The summed E-state index contributed by atoms with van der Waals surface area (Å²) in [7, 11) is 0. The van der Waals surface area contributed by atoms with Crippen molar-refractivity contribution in [1.29, 1.82) is 0 Å². The molecule has 2 aliphatic heterocycles. The number of nitrogens with zero attached hydrogens (tertiary/aromatic N) is 3. The van der Waals surface area contributed by atoms with Crippen molar-refractivity contribution in [3.8, 4) is 0 Å². The minimum Gasteiger partial charge on any atom is -0.348 e. The molecule has 1 N–H and O–H groups in total. The second-order valence-corrected chi connectivity index (χ2v) is 9.34. The van der Waals surface area contributed by atoms with E-state index in [1.165, 1.54) is 29.1 Å². The van der Waals surface area contributed by atoms with Crippen LogP contribution in [0.5, 0.6) is 0 Å². The number of rotatable bonds is 5. The molecule has 1 amide bonds. The predicted molar refractivity (Wildman–Crippen MR) is 104 cm³/mol. The summed E-state index contributed by atoms with van der Waals surface area (Å²) < 4.78 is 0. The summed E-state index contributed by atoms with van der Waals surface area (Å²) >= 11 is 1.91. The Morgan fingerprint density at radius 1 is 1.31 bits per heavy atom. The topological polar surface area (TPSA) is 52.2 Å². The lowest BCUT2D eigenvalue weighted by atomic mass is 9.73. The van der Waals surface area contributed by atoms with Crippen LogP contribution in [0.1, 0.15) is 41.1 Å². The van der Waals surface area contributed by atoms with E-state index in [2.05, 4.69) is 38.8 Å². The number of imidazole rings is 1. The van der Waals surface area contributed by atoms with Crippen LogP contribution >= 0.6 is 11.3 Å². The summed E-state index contributed by atoms with van der Waals surface area (Å²) in [5.74, 6) is 0.321. The van der Waals surface area contributed by atoms with E-state index >= 15 is 0 Å². The Morgan fingerprint density at radius 2 is 2.23 bits per heavy atom. The molecule has 2 saturated heterocycles. The monoisotopic (exact) mass is 372 g/mol. The van der Waals surface area contributed by atoms with Crippen molar-refractivity contribution in [2.75, 3.05) is 26.2 Å². The van der Waals surface area contributed by atoms with E-state index in [0.29, 0.717) is 12.3 Å². The molecule has 140 valence electrons. The average Bonchev–Trinajstić information content (AvgIpc) is 3.28. The number of aromatic amines is 1. The Morgan fingerprint density at radius 3 is 3.00 bits per heavy atom. The number of carbonyl (C=O) groups excluding carboxylic acids is 1. The van der Waals surface area contributed by atoms with Crippen LogP contribution in [-0.4, -0.2) is 51.9 Å². The molecule has 26 heavy (non-hydrogen) atoms. The molecule has 0 bridgehead atoms. The molecule has 1 atom stereocenters. The number of nitrogens with one attached hydrogen (secondary N) is 1. The summed E-state index contributed by atoms with van der Waals surface area (Å²) in [6.07, 6.45) is 8.67. The molecule has 6 heteroatoms. The number of likely N-dealkylation sites (tertiary alicyclic amines) is 2. The molecule has 1 spiro atoms. The van der Waals surface area contributed by atoms with Gasteiger partial charge in [-0.05, 0) is 44.9 Å². The molecular weight excluding hydrogens is 344 g/mol. The molecule has 4 rings (SSSR count). The Balaban J connectivity index is 1.38. The molecule has 5 nitrogen and oxygen atoms in total. The molecular formula is C20H28N4OS. The Labute approximate surface area is 159 Å². The maximum atomic E-state index is 12.4. The molecule has 0 saturated carbocycles. The van der Waals surface area contributed by atoms with Gasteiger partial charge in [0.15, 0.2) is 0 Å². The fourth-order valence-electron chi connectivity index (χ4n) is 4.55. The van der Waals surface area contributed by atoms with Gasteiger partial charge in [0.05, 0.1) is 6.33 Å². The van der Waals surface area contributed by atoms with Crippen LogP contribution in [0.25, 0.3) is 0 Å². The van der Waals surface area contributed by atoms with E-state index in [1.54, 1.807) is 6.33 Å². The SMILES string of the molecule is Cc1ccc(CN2CCC[C@]3(CCC(=O)N(CCc4cnc[nH]4)C3)C2)s1. The smallest absolute Gasteiger partial charge is 0.222 e. The van der Waals surface area contributed by atoms with Crippen LogP contribution in [0.3, 0.4) is 0 Å². The van der Waals surface area contributed by atoms with Gasteiger partial charge in [-0.3, -0.25) is 9.69 Å². The van der Waals surface area contributed by atoms with Crippen molar-refractivity contribution < 1.29 is 4.79 Å². The van der Waals surface area contributed by atoms with Crippen molar-refractivity contribution in [3.63, 3.8) is 0 Å². The molecule has 0 aromatic carbocycles. The van der Waals surface area contributed by atoms with Crippen LogP contribution in [0.15, 0.2) is 24.7 Å². The van der Waals surface area contributed by atoms with Crippen LogP contribution in [-0.2, 0) is 17.8 Å². The van der Waals surface area contributed by atoms with Gasteiger partial charge < -0.3 is 9.88 Å². The molecule has 2 fully saturated rings. The zero-order valence-corrected chi connectivity index (χ0v) is 16.4. The lowest BCUT2D eigenvalue weighted by molar-refractivity contribution is -0.139. The lowest BCUT2D eigenvalue weighted by Crippen LogP contribution is -2.54. The minimum absolute atomic E-state index is 0.284. The van der Waals surface area contributed by atoms with E-state index in [9.17, 15) is 4.79 Å². The standard InChI is InChI=1S/C20H28N4OS/c1-16-3-4-18(26-16)12-23-9-2-7-20(13-23)8-5-19(25)24(14-20)10-6-17-11-21-15-22-17/h3-4,11,15H,2,5-10,12-14H2,1H3,(H,21,22)/t20-/m0/s1. The molecule has 2 aliphatic rings. The highest BCUT2D eigenvalue weighted by molar-refractivity contribution is 7.11. The first-order valence-electron chi connectivity index (χ1n) is 9.65. The zero-order chi connectivity index (χ0) is 18.0. The van der Waals surface area contributed by atoms with Crippen LogP contribution < -0.4 is 0 Å². The number of carbonyl (C=O) groups is 1. The van der Waals surface area contributed by atoms with Crippen LogP contribution in [0, 0.1) is 12.3 Å². The van der Waals surface area contributed by atoms with E-state index in [0.717, 1.165) is 44.7 Å². The van der Waals surface area contributed by atoms with Crippen molar-refractivity contribution in [2.24, 2.45) is 5.41 Å². The highest BCUT2D eigenvalue weighted by Gasteiger charge is 2.41. The van der Waals surface area contributed by atoms with Gasteiger partial charge in [0, 0.05) is 66.1 Å². The molecule has 0 aliphatic carbocycles.